The van der Waals surface area contributed by atoms with Crippen LogP contribution >= 0.6 is 0 Å². The van der Waals surface area contributed by atoms with E-state index >= 15 is 0 Å². The second-order valence-electron chi connectivity index (χ2n) is 4.45. The van der Waals surface area contributed by atoms with E-state index in [0.29, 0.717) is 19.1 Å². The quantitative estimate of drug-likeness (QED) is 0.640. The van der Waals surface area contributed by atoms with Crippen molar-refractivity contribution in [2.75, 3.05) is 26.8 Å². The van der Waals surface area contributed by atoms with Gasteiger partial charge in [0.25, 0.3) is 0 Å². The van der Waals surface area contributed by atoms with Crippen LogP contribution in [0.15, 0.2) is 23.3 Å². The Morgan fingerprint density at radius 3 is 3.26 bits per heavy atom. The van der Waals surface area contributed by atoms with Crippen molar-refractivity contribution in [1.82, 2.24) is 9.88 Å². The van der Waals surface area contributed by atoms with Crippen LogP contribution in [0.4, 0.5) is 0 Å². The first-order chi connectivity index (χ1) is 9.20. The Morgan fingerprint density at radius 2 is 2.53 bits per heavy atom. The highest BCUT2D eigenvalue weighted by Gasteiger charge is 2.18. The number of guanidine groups is 1. The number of nitrogens with zero attached hydrogens (tertiary/aromatic N) is 3. The lowest BCUT2D eigenvalue weighted by Gasteiger charge is -2.31. The number of nitrogens with two attached hydrogens (primary N) is 1. The maximum absolute atomic E-state index is 6.00. The molecule has 0 saturated carbocycles. The number of pyridine rings is 1. The number of aliphatic imine (C=N–C) groups is 1. The number of hydrogen-bond donors (Lipinski definition) is 1. The lowest BCUT2D eigenvalue weighted by atomic mass is 10.3. The molecular formula is C13H20N4O2. The molecule has 104 valence electrons. The van der Waals surface area contributed by atoms with Crippen LogP contribution in [0.5, 0.6) is 5.75 Å². The maximum atomic E-state index is 6.00. The summed E-state index contributed by atoms with van der Waals surface area (Å²) in [7, 11) is 1.62. The molecule has 1 atom stereocenters. The van der Waals surface area contributed by atoms with Crippen molar-refractivity contribution in [1.29, 1.82) is 0 Å². The molecule has 6 nitrogen and oxygen atoms in total. The predicted octanol–water partition coefficient (Wildman–Crippen LogP) is 0.626. The highest BCUT2D eigenvalue weighted by Crippen LogP contribution is 2.15. The van der Waals surface area contributed by atoms with E-state index < -0.39 is 0 Å². The summed E-state index contributed by atoms with van der Waals surface area (Å²) in [5.74, 6) is 1.26. The highest BCUT2D eigenvalue weighted by atomic mass is 16.5. The third kappa shape index (κ3) is 3.57. The molecule has 1 aromatic heterocycles. The minimum Gasteiger partial charge on any atom is -0.495 e. The molecule has 1 fully saturated rings. The largest absolute Gasteiger partial charge is 0.495 e. The average molecular weight is 264 g/mol. The molecule has 6 heteroatoms. The molecule has 2 heterocycles. The number of ether oxygens (including phenoxy) is 2. The number of morpholine rings is 1. The van der Waals surface area contributed by atoms with Crippen LogP contribution in [0.25, 0.3) is 0 Å². The van der Waals surface area contributed by atoms with Crippen molar-refractivity contribution in [3.63, 3.8) is 0 Å². The Labute approximate surface area is 113 Å². The Kier molecular flexibility index (Phi) is 4.57. The fourth-order valence-corrected chi connectivity index (χ4v) is 2.01. The monoisotopic (exact) mass is 264 g/mol. The van der Waals surface area contributed by atoms with E-state index in [0.717, 1.165) is 24.5 Å². The molecule has 1 saturated heterocycles. The SMILES string of the molecule is COc1cccnc1CN=C(N)N1CCOC(C)C1. The van der Waals surface area contributed by atoms with E-state index in [1.807, 2.05) is 24.0 Å². The van der Waals surface area contributed by atoms with Crippen LogP contribution < -0.4 is 10.5 Å². The average Bonchev–Trinajstić information content (AvgIpc) is 2.45. The van der Waals surface area contributed by atoms with Gasteiger partial charge in [-0.2, -0.15) is 0 Å². The van der Waals surface area contributed by atoms with Crippen molar-refractivity contribution in [3.8, 4) is 5.75 Å². The Balaban J connectivity index is 2.01. The van der Waals surface area contributed by atoms with Gasteiger partial charge in [0.05, 0.1) is 26.4 Å². The third-order valence-electron chi connectivity index (χ3n) is 3.02. The maximum Gasteiger partial charge on any atom is 0.191 e. The van der Waals surface area contributed by atoms with Crippen LogP contribution in [0, 0.1) is 0 Å². The van der Waals surface area contributed by atoms with Crippen molar-refractivity contribution in [2.45, 2.75) is 19.6 Å². The minimum absolute atomic E-state index is 0.187. The summed E-state index contributed by atoms with van der Waals surface area (Å²) in [5, 5.41) is 0. The summed E-state index contributed by atoms with van der Waals surface area (Å²) >= 11 is 0. The molecule has 0 aliphatic carbocycles. The molecule has 19 heavy (non-hydrogen) atoms. The molecule has 1 aliphatic rings. The lowest BCUT2D eigenvalue weighted by molar-refractivity contribution is 0.00528. The molecule has 2 rings (SSSR count). The third-order valence-corrected chi connectivity index (χ3v) is 3.02. The van der Waals surface area contributed by atoms with E-state index in [-0.39, 0.29) is 6.10 Å². The Bertz CT molecular complexity index is 450. The van der Waals surface area contributed by atoms with Gasteiger partial charge in [-0.25, -0.2) is 4.99 Å². The number of methoxy groups -OCH3 is 1. The first-order valence-electron chi connectivity index (χ1n) is 6.35. The molecule has 0 amide bonds. The van der Waals surface area contributed by atoms with Gasteiger partial charge < -0.3 is 20.1 Å². The molecular weight excluding hydrogens is 244 g/mol. The van der Waals surface area contributed by atoms with Crippen molar-refractivity contribution in [2.24, 2.45) is 10.7 Å². The molecule has 1 aliphatic heterocycles. The van der Waals surface area contributed by atoms with Gasteiger partial charge in [0.15, 0.2) is 5.96 Å². The zero-order valence-electron chi connectivity index (χ0n) is 11.4. The predicted molar refractivity (Wildman–Crippen MR) is 73.1 cm³/mol. The number of hydrogen-bond acceptors (Lipinski definition) is 4. The fourth-order valence-electron chi connectivity index (χ4n) is 2.01. The second kappa shape index (κ2) is 6.38. The topological polar surface area (TPSA) is 73.0 Å². The van der Waals surface area contributed by atoms with Crippen LogP contribution in [-0.4, -0.2) is 48.8 Å². The Hall–Kier alpha value is -1.82. The summed E-state index contributed by atoms with van der Waals surface area (Å²) in [6.45, 7) is 4.68. The van der Waals surface area contributed by atoms with Crippen LogP contribution in [0.3, 0.4) is 0 Å². The zero-order valence-corrected chi connectivity index (χ0v) is 11.4. The fraction of sp³-hybridized carbons (Fsp3) is 0.538. The molecule has 0 aromatic carbocycles. The van der Waals surface area contributed by atoms with Gasteiger partial charge in [-0.05, 0) is 19.1 Å². The van der Waals surface area contributed by atoms with E-state index in [1.54, 1.807) is 13.3 Å². The minimum atomic E-state index is 0.187. The van der Waals surface area contributed by atoms with Gasteiger partial charge in [0.2, 0.25) is 0 Å². The summed E-state index contributed by atoms with van der Waals surface area (Å²) in [6.07, 6.45) is 1.91. The van der Waals surface area contributed by atoms with E-state index in [9.17, 15) is 0 Å². The second-order valence-corrected chi connectivity index (χ2v) is 4.45. The molecule has 0 radical (unpaired) electrons. The highest BCUT2D eigenvalue weighted by molar-refractivity contribution is 5.78. The van der Waals surface area contributed by atoms with Crippen molar-refractivity contribution < 1.29 is 9.47 Å². The molecule has 1 aromatic rings. The zero-order chi connectivity index (χ0) is 13.7. The first kappa shape index (κ1) is 13.6. The van der Waals surface area contributed by atoms with Crippen molar-refractivity contribution >= 4 is 5.96 Å². The summed E-state index contributed by atoms with van der Waals surface area (Å²) in [4.78, 5) is 10.7. The van der Waals surface area contributed by atoms with E-state index in [4.69, 9.17) is 15.2 Å². The van der Waals surface area contributed by atoms with Gasteiger partial charge in [-0.1, -0.05) is 0 Å². The summed E-state index contributed by atoms with van der Waals surface area (Å²) in [6, 6.07) is 3.70. The van der Waals surface area contributed by atoms with Gasteiger partial charge in [0.1, 0.15) is 11.4 Å². The van der Waals surface area contributed by atoms with E-state index in [2.05, 4.69) is 9.98 Å². The van der Waals surface area contributed by atoms with Gasteiger partial charge in [0, 0.05) is 19.3 Å². The van der Waals surface area contributed by atoms with Gasteiger partial charge in [-0.3, -0.25) is 4.98 Å². The molecule has 0 spiro atoms. The van der Waals surface area contributed by atoms with Crippen LogP contribution in [0.1, 0.15) is 12.6 Å². The smallest absolute Gasteiger partial charge is 0.191 e. The van der Waals surface area contributed by atoms with Crippen LogP contribution in [0.2, 0.25) is 0 Å². The summed E-state index contributed by atoms with van der Waals surface area (Å²) < 4.78 is 10.7. The van der Waals surface area contributed by atoms with Gasteiger partial charge in [-0.15, -0.1) is 0 Å². The molecule has 1 unspecified atom stereocenters. The lowest BCUT2D eigenvalue weighted by Crippen LogP contribution is -2.47. The number of aromatic nitrogens is 1. The van der Waals surface area contributed by atoms with Crippen molar-refractivity contribution in [3.05, 3.63) is 24.0 Å². The van der Waals surface area contributed by atoms with E-state index in [1.165, 1.54) is 0 Å². The van der Waals surface area contributed by atoms with Crippen LogP contribution in [-0.2, 0) is 11.3 Å². The molecule has 0 bridgehead atoms. The normalized spacial score (nSPS) is 20.4. The Morgan fingerprint density at radius 1 is 1.68 bits per heavy atom. The molecule has 2 N–H and O–H groups in total. The standard InChI is InChI=1S/C13H20N4O2/c1-10-9-17(6-7-19-10)13(14)16-8-11-12(18-2)4-3-5-15-11/h3-5,10H,6-9H2,1-2H3,(H2,14,16). The summed E-state index contributed by atoms with van der Waals surface area (Å²) in [5.41, 5.74) is 6.79. The van der Waals surface area contributed by atoms with Gasteiger partial charge >= 0.3 is 0 Å². The first-order valence-corrected chi connectivity index (χ1v) is 6.35. The number of rotatable bonds is 3.